The highest BCUT2D eigenvalue weighted by Crippen LogP contribution is 2.34. The summed E-state index contributed by atoms with van der Waals surface area (Å²) in [6, 6.07) is 7.92. The summed E-state index contributed by atoms with van der Waals surface area (Å²) in [6.45, 7) is 0. The first-order valence-electron chi connectivity index (χ1n) is 5.28. The smallest absolute Gasteiger partial charge is 0.267 e. The van der Waals surface area contributed by atoms with Gasteiger partial charge in [-0.25, -0.2) is 13.2 Å². The topological polar surface area (TPSA) is 35.2 Å². The number of benzene rings is 2. The van der Waals surface area contributed by atoms with Crippen LogP contribution >= 0.6 is 15.9 Å². The molecule has 0 radical (unpaired) electrons. The molecule has 0 heterocycles. The van der Waals surface area contributed by atoms with E-state index >= 15 is 0 Å². The molecule has 0 bridgehead atoms. The van der Waals surface area contributed by atoms with Crippen molar-refractivity contribution in [1.29, 1.82) is 0 Å². The van der Waals surface area contributed by atoms with Crippen LogP contribution in [-0.2, 0) is 0 Å². The molecule has 0 amide bonds. The Kier molecular flexibility index (Phi) is 3.99. The van der Waals surface area contributed by atoms with Crippen molar-refractivity contribution >= 4 is 21.6 Å². The second-order valence-corrected chi connectivity index (χ2v) is 4.63. The lowest BCUT2D eigenvalue weighted by Gasteiger charge is -2.11. The lowest BCUT2D eigenvalue weighted by molar-refractivity contribution is 0.148. The Labute approximate surface area is 116 Å². The molecule has 0 saturated carbocycles. The fourth-order valence-electron chi connectivity index (χ4n) is 1.50. The minimum absolute atomic E-state index is 0.0501. The fraction of sp³-hybridized carbons (Fsp3) is 0.0769. The van der Waals surface area contributed by atoms with Gasteiger partial charge >= 0.3 is 0 Å². The highest BCUT2D eigenvalue weighted by molar-refractivity contribution is 9.10. The zero-order chi connectivity index (χ0) is 14.0. The Morgan fingerprint density at radius 2 is 1.84 bits per heavy atom. The first kappa shape index (κ1) is 13.7. The summed E-state index contributed by atoms with van der Waals surface area (Å²) < 4.78 is 44.5. The fourth-order valence-corrected chi connectivity index (χ4v) is 1.74. The Bertz CT molecular complexity index is 604. The number of nitrogen functional groups attached to an aromatic ring is 1. The van der Waals surface area contributed by atoms with Crippen LogP contribution in [0.3, 0.4) is 0 Å². The molecule has 0 unspecified atom stereocenters. The van der Waals surface area contributed by atoms with Crippen LogP contribution in [0.5, 0.6) is 11.5 Å². The monoisotopic (exact) mass is 331 g/mol. The van der Waals surface area contributed by atoms with Gasteiger partial charge in [-0.15, -0.1) is 0 Å². The zero-order valence-electron chi connectivity index (χ0n) is 9.54. The quantitative estimate of drug-likeness (QED) is 0.812. The second kappa shape index (κ2) is 5.52. The molecule has 2 N–H and O–H groups in total. The van der Waals surface area contributed by atoms with Crippen LogP contribution in [0.1, 0.15) is 12.0 Å². The van der Waals surface area contributed by atoms with Crippen LogP contribution in [-0.4, -0.2) is 0 Å². The van der Waals surface area contributed by atoms with Crippen molar-refractivity contribution < 1.29 is 17.9 Å². The zero-order valence-corrected chi connectivity index (χ0v) is 11.1. The lowest BCUT2D eigenvalue weighted by atomic mass is 10.2. The summed E-state index contributed by atoms with van der Waals surface area (Å²) in [7, 11) is 0. The molecule has 2 rings (SSSR count). The molecular formula is C13H9BrF3NO. The number of hydrogen-bond acceptors (Lipinski definition) is 2. The van der Waals surface area contributed by atoms with E-state index < -0.39 is 12.2 Å². The molecule has 0 saturated heterocycles. The average Bonchev–Trinajstić information content (AvgIpc) is 2.36. The first-order valence-corrected chi connectivity index (χ1v) is 6.07. The molecule has 0 fully saturated rings. The minimum Gasteiger partial charge on any atom is -0.457 e. The Hall–Kier alpha value is -1.69. The van der Waals surface area contributed by atoms with Gasteiger partial charge in [0.05, 0.1) is 10.0 Å². The number of halogens is 4. The molecule has 2 aromatic rings. The van der Waals surface area contributed by atoms with Crippen LogP contribution in [0.25, 0.3) is 0 Å². The maximum atomic E-state index is 13.3. The van der Waals surface area contributed by atoms with Crippen LogP contribution in [0.4, 0.5) is 18.9 Å². The molecule has 0 atom stereocenters. The summed E-state index contributed by atoms with van der Waals surface area (Å²) in [4.78, 5) is 0. The maximum absolute atomic E-state index is 13.3. The maximum Gasteiger partial charge on any atom is 0.267 e. The Morgan fingerprint density at radius 3 is 2.47 bits per heavy atom. The standard InChI is InChI=1S/C13H9BrF3NO/c14-10-3-2-8(6-11(10)15)19-12-4-1-7(18)5-9(12)13(16)17/h1-6,13H,18H2. The van der Waals surface area contributed by atoms with Crippen molar-refractivity contribution in [3.63, 3.8) is 0 Å². The van der Waals surface area contributed by atoms with Crippen LogP contribution < -0.4 is 10.5 Å². The summed E-state index contributed by atoms with van der Waals surface area (Å²) >= 11 is 2.99. The molecule has 2 nitrogen and oxygen atoms in total. The van der Waals surface area contributed by atoms with E-state index in [0.29, 0.717) is 0 Å². The first-order chi connectivity index (χ1) is 8.97. The largest absolute Gasteiger partial charge is 0.457 e. The SMILES string of the molecule is Nc1ccc(Oc2ccc(Br)c(F)c2)c(C(F)F)c1. The van der Waals surface area contributed by atoms with Gasteiger partial charge in [-0.05, 0) is 46.3 Å². The van der Waals surface area contributed by atoms with Crippen molar-refractivity contribution in [3.05, 3.63) is 52.3 Å². The van der Waals surface area contributed by atoms with Gasteiger partial charge in [-0.3, -0.25) is 0 Å². The number of rotatable bonds is 3. The number of ether oxygens (including phenoxy) is 1. The van der Waals surface area contributed by atoms with E-state index in [0.717, 1.165) is 12.1 Å². The summed E-state index contributed by atoms with van der Waals surface area (Å²) in [5.41, 5.74) is 5.33. The van der Waals surface area contributed by atoms with Gasteiger partial charge in [0, 0.05) is 11.8 Å². The molecule has 0 aliphatic heterocycles. The van der Waals surface area contributed by atoms with Gasteiger partial charge in [-0.1, -0.05) is 0 Å². The van der Waals surface area contributed by atoms with Crippen LogP contribution in [0, 0.1) is 5.82 Å². The molecule has 0 spiro atoms. The molecule has 0 aliphatic carbocycles. The lowest BCUT2D eigenvalue weighted by Crippen LogP contribution is -1.95. The van der Waals surface area contributed by atoms with Gasteiger partial charge in [-0.2, -0.15) is 0 Å². The predicted molar refractivity (Wildman–Crippen MR) is 70.0 cm³/mol. The second-order valence-electron chi connectivity index (χ2n) is 3.78. The highest BCUT2D eigenvalue weighted by Gasteiger charge is 2.15. The predicted octanol–water partition coefficient (Wildman–Crippen LogP) is 4.90. The van der Waals surface area contributed by atoms with E-state index in [1.165, 1.54) is 24.3 Å². The molecule has 0 aromatic heterocycles. The molecule has 6 heteroatoms. The molecule has 2 aromatic carbocycles. The molecule has 100 valence electrons. The van der Waals surface area contributed by atoms with E-state index in [9.17, 15) is 13.2 Å². The van der Waals surface area contributed by atoms with Gasteiger partial charge in [0.25, 0.3) is 6.43 Å². The van der Waals surface area contributed by atoms with Crippen molar-refractivity contribution in [2.24, 2.45) is 0 Å². The van der Waals surface area contributed by atoms with Gasteiger partial charge in [0.15, 0.2) is 0 Å². The molecular weight excluding hydrogens is 323 g/mol. The van der Waals surface area contributed by atoms with Gasteiger partial charge in [0.2, 0.25) is 0 Å². The summed E-state index contributed by atoms with van der Waals surface area (Å²) in [6.07, 6.45) is -2.72. The third kappa shape index (κ3) is 3.20. The average molecular weight is 332 g/mol. The van der Waals surface area contributed by atoms with Gasteiger partial charge in [0.1, 0.15) is 17.3 Å². The van der Waals surface area contributed by atoms with Crippen LogP contribution in [0.15, 0.2) is 40.9 Å². The number of anilines is 1. The number of nitrogens with two attached hydrogens (primary N) is 1. The normalized spacial score (nSPS) is 10.8. The Morgan fingerprint density at radius 1 is 1.11 bits per heavy atom. The Balaban J connectivity index is 2.35. The number of hydrogen-bond donors (Lipinski definition) is 1. The van der Waals surface area contributed by atoms with E-state index in [1.54, 1.807) is 0 Å². The minimum atomic E-state index is -2.72. The summed E-state index contributed by atoms with van der Waals surface area (Å²) in [5, 5.41) is 0. The molecule has 19 heavy (non-hydrogen) atoms. The summed E-state index contributed by atoms with van der Waals surface area (Å²) in [5.74, 6) is -0.454. The van der Waals surface area contributed by atoms with Crippen molar-refractivity contribution in [1.82, 2.24) is 0 Å². The van der Waals surface area contributed by atoms with E-state index in [1.807, 2.05) is 0 Å². The third-order valence-electron chi connectivity index (χ3n) is 2.39. The number of alkyl halides is 2. The van der Waals surface area contributed by atoms with Gasteiger partial charge < -0.3 is 10.5 Å². The van der Waals surface area contributed by atoms with E-state index in [-0.39, 0.29) is 27.2 Å². The van der Waals surface area contributed by atoms with Crippen LogP contribution in [0.2, 0.25) is 0 Å². The van der Waals surface area contributed by atoms with E-state index in [2.05, 4.69) is 15.9 Å². The van der Waals surface area contributed by atoms with E-state index in [4.69, 9.17) is 10.5 Å². The molecule has 0 aliphatic rings. The highest BCUT2D eigenvalue weighted by atomic mass is 79.9. The van der Waals surface area contributed by atoms with Crippen molar-refractivity contribution in [3.8, 4) is 11.5 Å². The van der Waals surface area contributed by atoms with Crippen molar-refractivity contribution in [2.45, 2.75) is 6.43 Å². The van der Waals surface area contributed by atoms with Crippen molar-refractivity contribution in [2.75, 3.05) is 5.73 Å². The third-order valence-corrected chi connectivity index (χ3v) is 3.03.